The van der Waals surface area contributed by atoms with Crippen LogP contribution in [0, 0.1) is 11.8 Å². The Balaban J connectivity index is 2.20. The highest BCUT2D eigenvalue weighted by Crippen LogP contribution is 2.46. The summed E-state index contributed by atoms with van der Waals surface area (Å²) in [6.45, 7) is 4.66. The molecule has 0 N–H and O–H groups in total. The SMILES string of the molecule is CC(=O)C1C(C)COC12CCCCC2. The lowest BCUT2D eigenvalue weighted by molar-refractivity contribution is -0.130. The molecule has 1 spiro atoms. The van der Waals surface area contributed by atoms with Gasteiger partial charge in [0.25, 0.3) is 0 Å². The maximum absolute atomic E-state index is 11.6. The van der Waals surface area contributed by atoms with Crippen LogP contribution in [0.1, 0.15) is 46.0 Å². The van der Waals surface area contributed by atoms with Crippen molar-refractivity contribution in [3.8, 4) is 0 Å². The largest absolute Gasteiger partial charge is 0.374 e. The van der Waals surface area contributed by atoms with E-state index in [9.17, 15) is 4.79 Å². The normalized spacial score (nSPS) is 36.1. The average Bonchev–Trinajstić information content (AvgIpc) is 2.45. The van der Waals surface area contributed by atoms with E-state index >= 15 is 0 Å². The number of carbonyl (C=O) groups is 1. The standard InChI is InChI=1S/C12H20O2/c1-9-8-14-12(11(9)10(2)13)6-4-3-5-7-12/h9,11H,3-8H2,1-2H3. The number of Topliss-reactive ketones (excluding diaryl/α,β-unsaturated/α-hetero) is 1. The molecular weight excluding hydrogens is 176 g/mol. The van der Waals surface area contributed by atoms with Crippen molar-refractivity contribution >= 4 is 5.78 Å². The second-order valence-corrected chi connectivity index (χ2v) is 5.00. The molecule has 2 fully saturated rings. The lowest BCUT2D eigenvalue weighted by Gasteiger charge is -2.37. The Morgan fingerprint density at radius 3 is 2.50 bits per heavy atom. The Labute approximate surface area is 86.0 Å². The molecule has 1 aliphatic heterocycles. The van der Waals surface area contributed by atoms with Gasteiger partial charge < -0.3 is 4.74 Å². The second-order valence-electron chi connectivity index (χ2n) is 5.00. The summed E-state index contributed by atoms with van der Waals surface area (Å²) in [6, 6.07) is 0. The average molecular weight is 196 g/mol. The van der Waals surface area contributed by atoms with Crippen molar-refractivity contribution in [1.82, 2.24) is 0 Å². The Bertz CT molecular complexity index is 223. The zero-order valence-electron chi connectivity index (χ0n) is 9.21. The van der Waals surface area contributed by atoms with E-state index in [1.165, 1.54) is 19.3 Å². The highest BCUT2D eigenvalue weighted by Gasteiger charge is 2.50. The third kappa shape index (κ3) is 1.50. The van der Waals surface area contributed by atoms with Gasteiger partial charge in [-0.2, -0.15) is 0 Å². The number of hydrogen-bond donors (Lipinski definition) is 0. The number of rotatable bonds is 1. The second kappa shape index (κ2) is 3.65. The zero-order chi connectivity index (χ0) is 10.2. The van der Waals surface area contributed by atoms with Gasteiger partial charge in [-0.3, -0.25) is 4.79 Å². The fourth-order valence-electron chi connectivity index (χ4n) is 3.38. The molecule has 1 aliphatic carbocycles. The highest BCUT2D eigenvalue weighted by atomic mass is 16.5. The quantitative estimate of drug-likeness (QED) is 0.644. The molecular formula is C12H20O2. The van der Waals surface area contributed by atoms with Gasteiger partial charge in [-0.25, -0.2) is 0 Å². The Kier molecular flexibility index (Phi) is 2.65. The molecule has 0 bridgehead atoms. The Morgan fingerprint density at radius 1 is 1.29 bits per heavy atom. The molecule has 1 saturated heterocycles. The Morgan fingerprint density at radius 2 is 1.93 bits per heavy atom. The lowest BCUT2D eigenvalue weighted by Crippen LogP contribution is -2.42. The molecule has 14 heavy (non-hydrogen) atoms. The number of ether oxygens (including phenoxy) is 1. The summed E-state index contributed by atoms with van der Waals surface area (Å²) >= 11 is 0. The van der Waals surface area contributed by atoms with E-state index in [1.807, 2.05) is 0 Å². The van der Waals surface area contributed by atoms with Crippen LogP contribution >= 0.6 is 0 Å². The minimum atomic E-state index is -0.0660. The molecule has 80 valence electrons. The molecule has 0 radical (unpaired) electrons. The molecule has 2 aliphatic rings. The van der Waals surface area contributed by atoms with E-state index in [2.05, 4.69) is 6.92 Å². The van der Waals surface area contributed by atoms with E-state index in [-0.39, 0.29) is 11.5 Å². The van der Waals surface area contributed by atoms with Crippen molar-refractivity contribution in [1.29, 1.82) is 0 Å². The van der Waals surface area contributed by atoms with Crippen molar-refractivity contribution in [2.45, 2.75) is 51.6 Å². The van der Waals surface area contributed by atoms with Gasteiger partial charge in [0.15, 0.2) is 0 Å². The first-order valence-corrected chi connectivity index (χ1v) is 5.80. The third-order valence-electron chi connectivity index (χ3n) is 3.91. The van der Waals surface area contributed by atoms with Gasteiger partial charge in [-0.15, -0.1) is 0 Å². The molecule has 2 atom stereocenters. The fourth-order valence-corrected chi connectivity index (χ4v) is 3.38. The molecule has 2 rings (SSSR count). The van der Waals surface area contributed by atoms with Crippen LogP contribution in [0.3, 0.4) is 0 Å². The van der Waals surface area contributed by atoms with Gasteiger partial charge in [0.1, 0.15) is 5.78 Å². The molecule has 2 nitrogen and oxygen atoms in total. The van der Waals surface area contributed by atoms with Crippen LogP contribution in [-0.2, 0) is 9.53 Å². The summed E-state index contributed by atoms with van der Waals surface area (Å²) in [5.41, 5.74) is -0.0660. The topological polar surface area (TPSA) is 26.3 Å². The summed E-state index contributed by atoms with van der Waals surface area (Å²) < 4.78 is 5.95. The summed E-state index contributed by atoms with van der Waals surface area (Å²) in [6.07, 6.45) is 5.97. The number of hydrogen-bond acceptors (Lipinski definition) is 2. The summed E-state index contributed by atoms with van der Waals surface area (Å²) in [5, 5.41) is 0. The van der Waals surface area contributed by atoms with Crippen LogP contribution in [0.2, 0.25) is 0 Å². The van der Waals surface area contributed by atoms with E-state index in [4.69, 9.17) is 4.74 Å². The molecule has 0 aromatic heterocycles. The first-order chi connectivity index (χ1) is 6.66. The zero-order valence-corrected chi connectivity index (χ0v) is 9.21. The maximum Gasteiger partial charge on any atom is 0.136 e. The van der Waals surface area contributed by atoms with Crippen molar-refractivity contribution < 1.29 is 9.53 Å². The fraction of sp³-hybridized carbons (Fsp3) is 0.917. The van der Waals surface area contributed by atoms with Crippen LogP contribution in [0.4, 0.5) is 0 Å². The van der Waals surface area contributed by atoms with Gasteiger partial charge >= 0.3 is 0 Å². The van der Waals surface area contributed by atoms with Gasteiger partial charge in [-0.05, 0) is 25.7 Å². The lowest BCUT2D eigenvalue weighted by atomic mass is 9.71. The monoisotopic (exact) mass is 196 g/mol. The molecule has 2 unspecified atom stereocenters. The molecule has 0 aromatic carbocycles. The Hall–Kier alpha value is -0.370. The minimum absolute atomic E-state index is 0.0660. The number of carbonyl (C=O) groups excluding carboxylic acids is 1. The number of ketones is 1. The van der Waals surface area contributed by atoms with Crippen molar-refractivity contribution in [2.75, 3.05) is 6.61 Å². The van der Waals surface area contributed by atoms with Gasteiger partial charge in [0.05, 0.1) is 18.1 Å². The van der Waals surface area contributed by atoms with Gasteiger partial charge in [0.2, 0.25) is 0 Å². The summed E-state index contributed by atoms with van der Waals surface area (Å²) in [5.74, 6) is 0.922. The van der Waals surface area contributed by atoms with Crippen molar-refractivity contribution in [3.63, 3.8) is 0 Å². The van der Waals surface area contributed by atoms with Crippen LogP contribution in [0.25, 0.3) is 0 Å². The minimum Gasteiger partial charge on any atom is -0.374 e. The van der Waals surface area contributed by atoms with Crippen LogP contribution in [0.5, 0.6) is 0 Å². The van der Waals surface area contributed by atoms with E-state index < -0.39 is 0 Å². The predicted molar refractivity (Wildman–Crippen MR) is 55.1 cm³/mol. The van der Waals surface area contributed by atoms with E-state index in [0.717, 1.165) is 19.4 Å². The molecule has 2 heteroatoms. The van der Waals surface area contributed by atoms with E-state index in [0.29, 0.717) is 11.7 Å². The van der Waals surface area contributed by atoms with Crippen molar-refractivity contribution in [2.24, 2.45) is 11.8 Å². The van der Waals surface area contributed by atoms with Crippen LogP contribution in [0.15, 0.2) is 0 Å². The van der Waals surface area contributed by atoms with E-state index in [1.54, 1.807) is 6.92 Å². The highest BCUT2D eigenvalue weighted by molar-refractivity contribution is 5.80. The van der Waals surface area contributed by atoms with Crippen LogP contribution in [-0.4, -0.2) is 18.0 Å². The maximum atomic E-state index is 11.6. The summed E-state index contributed by atoms with van der Waals surface area (Å²) in [7, 11) is 0. The van der Waals surface area contributed by atoms with Gasteiger partial charge in [0, 0.05) is 0 Å². The first kappa shape index (κ1) is 10.2. The molecule has 1 heterocycles. The third-order valence-corrected chi connectivity index (χ3v) is 3.91. The van der Waals surface area contributed by atoms with Crippen LogP contribution < -0.4 is 0 Å². The van der Waals surface area contributed by atoms with Gasteiger partial charge in [-0.1, -0.05) is 26.2 Å². The molecule has 0 aromatic rings. The predicted octanol–water partition coefficient (Wildman–Crippen LogP) is 2.56. The van der Waals surface area contributed by atoms with Crippen molar-refractivity contribution in [3.05, 3.63) is 0 Å². The first-order valence-electron chi connectivity index (χ1n) is 5.80. The summed E-state index contributed by atoms with van der Waals surface area (Å²) in [4.78, 5) is 11.6. The molecule has 0 amide bonds. The molecule has 1 saturated carbocycles. The smallest absolute Gasteiger partial charge is 0.136 e.